The third kappa shape index (κ3) is 4.13. The summed E-state index contributed by atoms with van der Waals surface area (Å²) < 4.78 is 5.37. The fourth-order valence-corrected chi connectivity index (χ4v) is 2.56. The van der Waals surface area contributed by atoms with E-state index in [9.17, 15) is 4.79 Å². The first kappa shape index (κ1) is 15.2. The number of nitrogens with one attached hydrogen (secondary N) is 1. The molecule has 0 saturated carbocycles. The Kier molecular flexibility index (Phi) is 5.05. The lowest BCUT2D eigenvalue weighted by molar-refractivity contribution is 0.102. The molecule has 0 saturated heterocycles. The van der Waals surface area contributed by atoms with E-state index in [0.717, 1.165) is 17.0 Å². The van der Waals surface area contributed by atoms with Gasteiger partial charge in [-0.3, -0.25) is 10.2 Å². The number of thiazole rings is 1. The Bertz CT molecular complexity index is 647. The lowest BCUT2D eigenvalue weighted by atomic mass is 10.2. The van der Waals surface area contributed by atoms with Gasteiger partial charge >= 0.3 is 0 Å². The van der Waals surface area contributed by atoms with E-state index in [2.05, 4.69) is 15.5 Å². The van der Waals surface area contributed by atoms with Crippen LogP contribution in [0.3, 0.4) is 0 Å². The van der Waals surface area contributed by atoms with Gasteiger partial charge in [-0.15, -0.1) is 0 Å². The molecule has 1 N–H and O–H groups in total. The van der Waals surface area contributed by atoms with Gasteiger partial charge in [0.05, 0.1) is 23.4 Å². The van der Waals surface area contributed by atoms with E-state index in [1.807, 2.05) is 38.1 Å². The monoisotopic (exact) mass is 303 g/mol. The Labute approximate surface area is 127 Å². The molecule has 0 fully saturated rings. The minimum absolute atomic E-state index is 0.0218. The molecule has 1 aromatic carbocycles. The van der Waals surface area contributed by atoms with E-state index in [0.29, 0.717) is 16.6 Å². The molecule has 110 valence electrons. The first-order valence-electron chi connectivity index (χ1n) is 6.60. The number of nitrogens with zero attached hydrogens (tertiary/aromatic N) is 2. The SMILES string of the molecule is CCOc1ccc(/C=N\Nc2nc(C)c(C(C)=O)s2)cc1. The first-order chi connectivity index (χ1) is 10.1. The molecule has 0 aliphatic carbocycles. The number of benzene rings is 1. The highest BCUT2D eigenvalue weighted by Crippen LogP contribution is 2.22. The number of hydrazone groups is 1. The molecule has 21 heavy (non-hydrogen) atoms. The van der Waals surface area contributed by atoms with E-state index in [4.69, 9.17) is 4.74 Å². The van der Waals surface area contributed by atoms with Gasteiger partial charge in [0.15, 0.2) is 5.78 Å². The van der Waals surface area contributed by atoms with Crippen molar-refractivity contribution < 1.29 is 9.53 Å². The number of carbonyl (C=O) groups excluding carboxylic acids is 1. The van der Waals surface area contributed by atoms with Crippen LogP contribution in [0.4, 0.5) is 5.13 Å². The van der Waals surface area contributed by atoms with E-state index in [1.165, 1.54) is 18.3 Å². The summed E-state index contributed by atoms with van der Waals surface area (Å²) in [6.45, 7) is 5.95. The number of ether oxygens (including phenoxy) is 1. The van der Waals surface area contributed by atoms with Gasteiger partial charge in [-0.25, -0.2) is 4.98 Å². The highest BCUT2D eigenvalue weighted by atomic mass is 32.1. The van der Waals surface area contributed by atoms with Crippen LogP contribution < -0.4 is 10.2 Å². The second-order valence-corrected chi connectivity index (χ2v) is 5.36. The zero-order chi connectivity index (χ0) is 15.2. The van der Waals surface area contributed by atoms with Crippen LogP contribution >= 0.6 is 11.3 Å². The fourth-order valence-electron chi connectivity index (χ4n) is 1.75. The number of aryl methyl sites for hydroxylation is 1. The maximum Gasteiger partial charge on any atom is 0.204 e. The van der Waals surface area contributed by atoms with Crippen molar-refractivity contribution in [3.8, 4) is 5.75 Å². The van der Waals surface area contributed by atoms with E-state index < -0.39 is 0 Å². The molecule has 5 nitrogen and oxygen atoms in total. The van der Waals surface area contributed by atoms with Crippen LogP contribution in [0.25, 0.3) is 0 Å². The maximum absolute atomic E-state index is 11.4. The molecule has 0 amide bonds. The highest BCUT2D eigenvalue weighted by Gasteiger charge is 2.10. The van der Waals surface area contributed by atoms with Gasteiger partial charge < -0.3 is 4.74 Å². The summed E-state index contributed by atoms with van der Waals surface area (Å²) >= 11 is 1.31. The number of carbonyl (C=O) groups is 1. The Morgan fingerprint density at radius 2 is 2.14 bits per heavy atom. The van der Waals surface area contributed by atoms with Crippen molar-refractivity contribution in [1.82, 2.24) is 4.98 Å². The summed E-state index contributed by atoms with van der Waals surface area (Å²) in [5.74, 6) is 0.859. The number of anilines is 1. The van der Waals surface area contributed by atoms with Crippen LogP contribution in [0.5, 0.6) is 5.75 Å². The largest absolute Gasteiger partial charge is 0.494 e. The molecule has 0 aliphatic rings. The summed E-state index contributed by atoms with van der Waals surface area (Å²) in [6.07, 6.45) is 1.69. The zero-order valence-electron chi connectivity index (χ0n) is 12.2. The van der Waals surface area contributed by atoms with Crippen LogP contribution in [-0.2, 0) is 0 Å². The second kappa shape index (κ2) is 6.99. The lowest BCUT2D eigenvalue weighted by Gasteiger charge is -2.01. The van der Waals surface area contributed by atoms with Gasteiger partial charge in [-0.05, 0) is 43.7 Å². The summed E-state index contributed by atoms with van der Waals surface area (Å²) in [7, 11) is 0. The molecular weight excluding hydrogens is 286 g/mol. The molecule has 6 heteroatoms. The van der Waals surface area contributed by atoms with E-state index in [-0.39, 0.29) is 5.78 Å². The van der Waals surface area contributed by atoms with Crippen molar-refractivity contribution in [3.63, 3.8) is 0 Å². The molecule has 1 aromatic heterocycles. The van der Waals surface area contributed by atoms with Gasteiger partial charge in [-0.1, -0.05) is 11.3 Å². The molecule has 0 aliphatic heterocycles. The predicted octanol–water partition coefficient (Wildman–Crippen LogP) is 3.50. The van der Waals surface area contributed by atoms with Crippen LogP contribution in [-0.4, -0.2) is 23.6 Å². The van der Waals surface area contributed by atoms with Crippen molar-refractivity contribution in [2.45, 2.75) is 20.8 Å². The molecular formula is C15H17N3O2S. The number of ketones is 1. The second-order valence-electron chi connectivity index (χ2n) is 4.36. The quantitative estimate of drug-likeness (QED) is 0.504. The van der Waals surface area contributed by atoms with Crippen LogP contribution in [0.15, 0.2) is 29.4 Å². The standard InChI is InChI=1S/C15H17N3O2S/c1-4-20-13-7-5-12(6-8-13)9-16-18-15-17-10(2)14(21-15)11(3)19/h5-9H,4H2,1-3H3,(H,17,18)/b16-9-. The van der Waals surface area contributed by atoms with Crippen LogP contribution in [0, 0.1) is 6.92 Å². The third-order valence-electron chi connectivity index (χ3n) is 2.68. The number of hydrogen-bond donors (Lipinski definition) is 1. The molecule has 0 unspecified atom stereocenters. The Hall–Kier alpha value is -2.21. The van der Waals surface area contributed by atoms with Gasteiger partial charge in [0.1, 0.15) is 5.75 Å². The van der Waals surface area contributed by atoms with Gasteiger partial charge in [0.25, 0.3) is 0 Å². The maximum atomic E-state index is 11.4. The van der Waals surface area contributed by atoms with Crippen LogP contribution in [0.2, 0.25) is 0 Å². The normalized spacial score (nSPS) is 10.8. The van der Waals surface area contributed by atoms with Crippen LogP contribution in [0.1, 0.15) is 34.8 Å². The molecule has 0 bridgehead atoms. The van der Waals surface area contributed by atoms with E-state index in [1.54, 1.807) is 6.21 Å². The van der Waals surface area contributed by atoms with Crippen molar-refractivity contribution in [2.24, 2.45) is 5.10 Å². The number of rotatable bonds is 6. The third-order valence-corrected chi connectivity index (χ3v) is 3.84. The summed E-state index contributed by atoms with van der Waals surface area (Å²) in [5.41, 5.74) is 4.52. The van der Waals surface area contributed by atoms with Gasteiger partial charge in [0, 0.05) is 6.92 Å². The lowest BCUT2D eigenvalue weighted by Crippen LogP contribution is -1.92. The molecule has 1 heterocycles. The topological polar surface area (TPSA) is 63.6 Å². The van der Waals surface area contributed by atoms with Gasteiger partial charge in [-0.2, -0.15) is 5.10 Å². The average molecular weight is 303 g/mol. The Balaban J connectivity index is 1.98. The number of aromatic nitrogens is 1. The van der Waals surface area contributed by atoms with Gasteiger partial charge in [0.2, 0.25) is 5.13 Å². The van der Waals surface area contributed by atoms with E-state index >= 15 is 0 Å². The Morgan fingerprint density at radius 1 is 1.43 bits per heavy atom. The van der Waals surface area contributed by atoms with Crippen molar-refractivity contribution in [3.05, 3.63) is 40.4 Å². The fraction of sp³-hybridized carbons (Fsp3) is 0.267. The van der Waals surface area contributed by atoms with Crippen molar-refractivity contribution >= 4 is 28.5 Å². The molecule has 2 aromatic rings. The molecule has 0 radical (unpaired) electrons. The first-order valence-corrected chi connectivity index (χ1v) is 7.42. The predicted molar refractivity (Wildman–Crippen MR) is 85.7 cm³/mol. The average Bonchev–Trinajstić information content (AvgIpc) is 2.82. The zero-order valence-corrected chi connectivity index (χ0v) is 13.0. The molecule has 0 spiro atoms. The summed E-state index contributed by atoms with van der Waals surface area (Å²) in [4.78, 5) is 16.3. The number of hydrogen-bond acceptors (Lipinski definition) is 6. The highest BCUT2D eigenvalue weighted by molar-refractivity contribution is 7.17. The molecule has 2 rings (SSSR count). The molecule has 0 atom stereocenters. The summed E-state index contributed by atoms with van der Waals surface area (Å²) in [5, 5.41) is 4.73. The van der Waals surface area contributed by atoms with Crippen molar-refractivity contribution in [1.29, 1.82) is 0 Å². The minimum atomic E-state index is 0.0218. The van der Waals surface area contributed by atoms with Crippen molar-refractivity contribution in [2.75, 3.05) is 12.0 Å². The Morgan fingerprint density at radius 3 is 2.71 bits per heavy atom. The minimum Gasteiger partial charge on any atom is -0.494 e. The smallest absolute Gasteiger partial charge is 0.204 e. The summed E-state index contributed by atoms with van der Waals surface area (Å²) in [6, 6.07) is 7.63. The number of Topliss-reactive ketones (excluding diaryl/α,β-unsaturated/α-hetero) is 1.